The Morgan fingerprint density at radius 2 is 1.92 bits per heavy atom. The lowest BCUT2D eigenvalue weighted by Gasteiger charge is -2.31. The van der Waals surface area contributed by atoms with Crippen molar-refractivity contribution in [2.24, 2.45) is 5.92 Å². The van der Waals surface area contributed by atoms with Gasteiger partial charge in [-0.05, 0) is 106 Å². The Labute approximate surface area is 227 Å². The van der Waals surface area contributed by atoms with Gasteiger partial charge in [0.05, 0.1) is 25.4 Å². The summed E-state index contributed by atoms with van der Waals surface area (Å²) < 4.78 is 25.3. The minimum Gasteiger partial charge on any atom is -0.466 e. The van der Waals surface area contributed by atoms with Gasteiger partial charge in [0.1, 0.15) is 5.82 Å². The summed E-state index contributed by atoms with van der Waals surface area (Å²) in [5.74, 6) is 0.0733. The summed E-state index contributed by atoms with van der Waals surface area (Å²) in [6.45, 7) is 10.7. The van der Waals surface area contributed by atoms with Gasteiger partial charge in [-0.15, -0.1) is 0 Å². The topological polar surface area (TPSA) is 67.8 Å². The lowest BCUT2D eigenvalue weighted by atomic mass is 9.88. The van der Waals surface area contributed by atoms with Crippen LogP contribution in [-0.4, -0.2) is 42.5 Å². The monoisotopic (exact) mass is 525 g/mol. The average molecular weight is 526 g/mol. The van der Waals surface area contributed by atoms with Gasteiger partial charge in [-0.2, -0.15) is 0 Å². The van der Waals surface area contributed by atoms with E-state index in [2.05, 4.69) is 43.4 Å². The molecule has 2 N–H and O–H groups in total. The highest BCUT2D eigenvalue weighted by atomic mass is 19.1. The highest BCUT2D eigenvalue weighted by molar-refractivity contribution is 5.69. The van der Waals surface area contributed by atoms with E-state index in [-0.39, 0.29) is 23.9 Å². The molecular weight excluding hydrogens is 481 g/mol. The maximum absolute atomic E-state index is 14.4. The summed E-state index contributed by atoms with van der Waals surface area (Å²) in [5.41, 5.74) is 4.89. The fourth-order valence-electron chi connectivity index (χ4n) is 5.25. The number of halogens is 1. The maximum Gasteiger partial charge on any atom is 0.306 e. The van der Waals surface area contributed by atoms with Gasteiger partial charge in [0.25, 0.3) is 0 Å². The number of rotatable bonds is 14. The van der Waals surface area contributed by atoms with Crippen molar-refractivity contribution in [1.82, 2.24) is 5.32 Å². The van der Waals surface area contributed by atoms with E-state index in [4.69, 9.17) is 9.47 Å². The highest BCUT2D eigenvalue weighted by Crippen LogP contribution is 2.32. The first kappa shape index (κ1) is 30.0. The molecule has 0 unspecified atom stereocenters. The fourth-order valence-corrected chi connectivity index (χ4v) is 5.25. The van der Waals surface area contributed by atoms with E-state index >= 15 is 0 Å². The quantitative estimate of drug-likeness (QED) is 0.292. The fraction of sp³-hybridized carbons (Fsp3) is 0.531. The van der Waals surface area contributed by atoms with Crippen LogP contribution in [0, 0.1) is 18.7 Å². The molecular formula is C32H44FNO4. The van der Waals surface area contributed by atoms with Gasteiger partial charge in [0.2, 0.25) is 0 Å². The normalized spacial score (nSPS) is 15.6. The number of hydrogen-bond acceptors (Lipinski definition) is 5. The summed E-state index contributed by atoms with van der Waals surface area (Å²) in [6, 6.07) is 12.0. The molecule has 2 aromatic rings. The van der Waals surface area contributed by atoms with Gasteiger partial charge in [0, 0.05) is 18.5 Å². The minimum atomic E-state index is -0.684. The van der Waals surface area contributed by atoms with Gasteiger partial charge >= 0.3 is 5.97 Å². The largest absolute Gasteiger partial charge is 0.466 e. The molecule has 0 amide bonds. The van der Waals surface area contributed by atoms with E-state index in [1.54, 1.807) is 19.9 Å². The summed E-state index contributed by atoms with van der Waals surface area (Å²) in [5, 5.41) is 14.1. The van der Waals surface area contributed by atoms with Crippen LogP contribution in [0.3, 0.4) is 0 Å². The van der Waals surface area contributed by atoms with Crippen LogP contribution in [0.4, 0.5) is 4.39 Å². The van der Waals surface area contributed by atoms with Gasteiger partial charge < -0.3 is 19.9 Å². The molecule has 3 rings (SSSR count). The molecule has 208 valence electrons. The second-order valence-electron chi connectivity index (χ2n) is 11.1. The number of β-amino-alcohol motifs (C(OH)–C–C–N with tert-alkyl or cyclic N) is 1. The van der Waals surface area contributed by atoms with Crippen molar-refractivity contribution in [3.63, 3.8) is 0 Å². The standard InChI is InChI=1S/C32H44FNO4/c1-6-37-31(36)14-10-9-13-27-15-22(2)30(33)18-29(27)23(3)38-21-28(35)20-34-32(4,5)19-24-16-25-11-7-8-12-26(25)17-24/h7-9,11-13,15,18,23-24,28,34-35H,6,10,14,16-17,19-21H2,1-5H3/b13-9+/t23-,28-/m1/s1. The molecule has 0 heterocycles. The number of hydrogen-bond donors (Lipinski definition) is 2. The zero-order valence-electron chi connectivity index (χ0n) is 23.6. The molecule has 0 spiro atoms. The predicted molar refractivity (Wildman–Crippen MR) is 150 cm³/mol. The molecule has 38 heavy (non-hydrogen) atoms. The van der Waals surface area contributed by atoms with Crippen LogP contribution in [-0.2, 0) is 27.1 Å². The third-order valence-electron chi connectivity index (χ3n) is 7.21. The molecule has 0 aliphatic heterocycles. The molecule has 0 saturated carbocycles. The van der Waals surface area contributed by atoms with Gasteiger partial charge in [-0.1, -0.05) is 36.4 Å². The zero-order valence-corrected chi connectivity index (χ0v) is 23.6. The third kappa shape index (κ3) is 9.04. The summed E-state index contributed by atoms with van der Waals surface area (Å²) in [7, 11) is 0. The molecule has 0 saturated heterocycles. The number of ether oxygens (including phenoxy) is 2. The zero-order chi connectivity index (χ0) is 27.7. The van der Waals surface area contributed by atoms with Gasteiger partial charge in [-0.25, -0.2) is 4.39 Å². The van der Waals surface area contributed by atoms with Crippen LogP contribution >= 0.6 is 0 Å². The summed E-state index contributed by atoms with van der Waals surface area (Å²) >= 11 is 0. The number of allylic oxidation sites excluding steroid dienone is 1. The number of nitrogens with one attached hydrogen (secondary N) is 1. The number of fused-ring (bicyclic) bond motifs is 1. The summed E-state index contributed by atoms with van der Waals surface area (Å²) in [6.07, 6.45) is 6.78. The predicted octanol–water partition coefficient (Wildman–Crippen LogP) is 6.10. The SMILES string of the molecule is CCOC(=O)CC/C=C/c1cc(C)c(F)cc1[C@@H](C)OC[C@H](O)CNC(C)(C)CC1Cc2ccccc2C1. The van der Waals surface area contributed by atoms with E-state index in [9.17, 15) is 14.3 Å². The molecule has 0 radical (unpaired) electrons. The van der Waals surface area contributed by atoms with Crippen LogP contribution in [0.5, 0.6) is 0 Å². The van der Waals surface area contributed by atoms with E-state index in [0.29, 0.717) is 43.0 Å². The smallest absolute Gasteiger partial charge is 0.306 e. The van der Waals surface area contributed by atoms with Crippen molar-refractivity contribution in [3.05, 3.63) is 76.1 Å². The van der Waals surface area contributed by atoms with Crippen molar-refractivity contribution < 1.29 is 23.8 Å². The Morgan fingerprint density at radius 3 is 2.58 bits per heavy atom. The van der Waals surface area contributed by atoms with E-state index in [1.807, 2.05) is 19.1 Å². The Kier molecular flexibility index (Phi) is 11.1. The van der Waals surface area contributed by atoms with E-state index in [1.165, 1.54) is 17.2 Å². The Hall–Kier alpha value is -2.54. The van der Waals surface area contributed by atoms with Crippen LogP contribution in [0.1, 0.15) is 80.9 Å². The first-order valence-corrected chi connectivity index (χ1v) is 13.8. The molecule has 6 heteroatoms. The van der Waals surface area contributed by atoms with Crippen molar-refractivity contribution in [3.8, 4) is 0 Å². The van der Waals surface area contributed by atoms with Crippen molar-refractivity contribution in [2.45, 2.75) is 84.5 Å². The van der Waals surface area contributed by atoms with Gasteiger partial charge in [0.15, 0.2) is 0 Å². The van der Waals surface area contributed by atoms with Crippen LogP contribution in [0.2, 0.25) is 0 Å². The van der Waals surface area contributed by atoms with Gasteiger partial charge in [-0.3, -0.25) is 4.79 Å². The van der Waals surface area contributed by atoms with Crippen molar-refractivity contribution >= 4 is 12.0 Å². The third-order valence-corrected chi connectivity index (χ3v) is 7.21. The van der Waals surface area contributed by atoms with Crippen molar-refractivity contribution in [1.29, 1.82) is 0 Å². The number of carbonyl (C=O) groups excluding carboxylic acids is 1. The number of carbonyl (C=O) groups is 1. The molecule has 1 aliphatic rings. The molecule has 2 aromatic carbocycles. The lowest BCUT2D eigenvalue weighted by molar-refractivity contribution is -0.143. The van der Waals surface area contributed by atoms with E-state index < -0.39 is 12.2 Å². The molecule has 0 aromatic heterocycles. The number of aliphatic hydroxyl groups excluding tert-OH is 1. The Morgan fingerprint density at radius 1 is 1.24 bits per heavy atom. The second-order valence-corrected chi connectivity index (χ2v) is 11.1. The molecule has 0 fully saturated rings. The van der Waals surface area contributed by atoms with Crippen LogP contribution in [0.25, 0.3) is 6.08 Å². The summed E-state index contributed by atoms with van der Waals surface area (Å²) in [4.78, 5) is 11.6. The molecule has 0 bridgehead atoms. The first-order chi connectivity index (χ1) is 18.1. The number of aryl methyl sites for hydroxylation is 1. The molecule has 1 aliphatic carbocycles. The lowest BCUT2D eigenvalue weighted by Crippen LogP contribution is -2.45. The average Bonchev–Trinajstić information content (AvgIpc) is 3.27. The maximum atomic E-state index is 14.4. The number of aliphatic hydroxyl groups is 1. The van der Waals surface area contributed by atoms with Crippen molar-refractivity contribution in [2.75, 3.05) is 19.8 Å². The Balaban J connectivity index is 1.49. The molecule has 2 atom stereocenters. The minimum absolute atomic E-state index is 0.110. The first-order valence-electron chi connectivity index (χ1n) is 13.8. The molecule has 5 nitrogen and oxygen atoms in total. The van der Waals surface area contributed by atoms with E-state index in [0.717, 1.165) is 24.8 Å². The Bertz CT molecular complexity index is 1070. The second kappa shape index (κ2) is 14.0. The number of esters is 1. The van der Waals surface area contributed by atoms with Crippen LogP contribution in [0.15, 0.2) is 42.5 Å². The van der Waals surface area contributed by atoms with Crippen LogP contribution < -0.4 is 5.32 Å². The number of benzene rings is 2. The highest BCUT2D eigenvalue weighted by Gasteiger charge is 2.28.